The van der Waals surface area contributed by atoms with E-state index in [1.165, 1.54) is 41.7 Å². The Kier molecular flexibility index (Phi) is 5.75. The fourth-order valence-corrected chi connectivity index (χ4v) is 2.56. The smallest absolute Gasteiger partial charge is 0.328 e. The molecule has 0 aliphatic heterocycles. The fourth-order valence-electron chi connectivity index (χ4n) is 2.56. The van der Waals surface area contributed by atoms with E-state index in [9.17, 15) is 9.59 Å². The molecule has 0 spiro atoms. The summed E-state index contributed by atoms with van der Waals surface area (Å²) in [5, 5.41) is 11.6. The number of carboxylic acid groups (broad SMARTS) is 1. The summed E-state index contributed by atoms with van der Waals surface area (Å²) >= 11 is 0. The first-order valence-electron chi connectivity index (χ1n) is 7.67. The number of aliphatic carboxylic acids is 1. The van der Waals surface area contributed by atoms with Gasteiger partial charge in [0.1, 0.15) is 5.54 Å². The molecule has 122 valence electrons. The molecule has 2 N–H and O–H groups in total. The maximum Gasteiger partial charge on any atom is 0.328 e. The number of rotatable bonds is 6. The molecule has 4 nitrogen and oxygen atoms in total. The van der Waals surface area contributed by atoms with E-state index in [0.29, 0.717) is 12.8 Å². The summed E-state index contributed by atoms with van der Waals surface area (Å²) in [6, 6.07) is 2.19. The van der Waals surface area contributed by atoms with Gasteiger partial charge in [-0.2, -0.15) is 0 Å². The number of hydrogen-bond acceptors (Lipinski definition) is 2. The SMILES string of the molecule is Cc1cc(C)c(C)c(CCCC(=O)NC(C)(C)C(=O)O)c1C. The molecule has 1 aromatic carbocycles. The van der Waals surface area contributed by atoms with Crippen molar-refractivity contribution >= 4 is 11.9 Å². The lowest BCUT2D eigenvalue weighted by atomic mass is 9.91. The first-order valence-corrected chi connectivity index (χ1v) is 7.67. The van der Waals surface area contributed by atoms with Gasteiger partial charge in [-0.05, 0) is 82.2 Å². The van der Waals surface area contributed by atoms with Crippen LogP contribution < -0.4 is 5.32 Å². The van der Waals surface area contributed by atoms with Crippen LogP contribution in [0.5, 0.6) is 0 Å². The van der Waals surface area contributed by atoms with Gasteiger partial charge in [0.15, 0.2) is 0 Å². The van der Waals surface area contributed by atoms with Gasteiger partial charge in [0.2, 0.25) is 5.91 Å². The van der Waals surface area contributed by atoms with Crippen LogP contribution in [0.15, 0.2) is 6.07 Å². The largest absolute Gasteiger partial charge is 0.480 e. The van der Waals surface area contributed by atoms with Crippen LogP contribution in [0.3, 0.4) is 0 Å². The van der Waals surface area contributed by atoms with E-state index in [0.717, 1.165) is 6.42 Å². The molecular formula is C18H27NO3. The summed E-state index contributed by atoms with van der Waals surface area (Å²) in [4.78, 5) is 22.9. The second-order valence-corrected chi connectivity index (χ2v) is 6.57. The van der Waals surface area contributed by atoms with E-state index in [2.05, 4.69) is 39.1 Å². The maximum absolute atomic E-state index is 11.9. The van der Waals surface area contributed by atoms with Crippen LogP contribution in [-0.4, -0.2) is 22.5 Å². The van der Waals surface area contributed by atoms with Crippen molar-refractivity contribution in [2.75, 3.05) is 0 Å². The first-order chi connectivity index (χ1) is 10.1. The molecule has 0 heterocycles. The quantitative estimate of drug-likeness (QED) is 0.848. The number of carboxylic acids is 1. The number of benzene rings is 1. The summed E-state index contributed by atoms with van der Waals surface area (Å²) in [5.74, 6) is -1.24. The monoisotopic (exact) mass is 305 g/mol. The van der Waals surface area contributed by atoms with Gasteiger partial charge in [0.05, 0.1) is 0 Å². The molecule has 1 aromatic rings. The molecule has 4 heteroatoms. The van der Waals surface area contributed by atoms with Crippen LogP contribution in [0, 0.1) is 27.7 Å². The predicted octanol–water partition coefficient (Wildman–Crippen LogP) is 3.22. The normalized spacial score (nSPS) is 11.4. The van der Waals surface area contributed by atoms with Crippen molar-refractivity contribution in [1.29, 1.82) is 0 Å². The molecule has 0 bridgehead atoms. The van der Waals surface area contributed by atoms with Crippen LogP contribution in [0.25, 0.3) is 0 Å². The lowest BCUT2D eigenvalue weighted by Crippen LogP contribution is -2.49. The zero-order chi connectivity index (χ0) is 17.1. The van der Waals surface area contributed by atoms with Crippen LogP contribution in [0.1, 0.15) is 54.5 Å². The molecule has 1 rings (SSSR count). The molecular weight excluding hydrogens is 278 g/mol. The Morgan fingerprint density at radius 3 is 2.05 bits per heavy atom. The van der Waals surface area contributed by atoms with E-state index in [1.807, 2.05) is 0 Å². The Bertz CT molecular complexity index is 562. The number of hydrogen-bond donors (Lipinski definition) is 2. The predicted molar refractivity (Wildman–Crippen MR) is 88.2 cm³/mol. The molecule has 0 saturated carbocycles. The van der Waals surface area contributed by atoms with Gasteiger partial charge in [0.25, 0.3) is 0 Å². The van der Waals surface area contributed by atoms with Gasteiger partial charge in [-0.25, -0.2) is 4.79 Å². The fraction of sp³-hybridized carbons (Fsp3) is 0.556. The maximum atomic E-state index is 11.9. The van der Waals surface area contributed by atoms with Gasteiger partial charge < -0.3 is 10.4 Å². The van der Waals surface area contributed by atoms with Crippen molar-refractivity contribution in [3.8, 4) is 0 Å². The lowest BCUT2D eigenvalue weighted by Gasteiger charge is -2.21. The molecule has 0 atom stereocenters. The van der Waals surface area contributed by atoms with E-state index in [4.69, 9.17) is 5.11 Å². The third-order valence-corrected chi connectivity index (χ3v) is 4.34. The zero-order valence-electron chi connectivity index (χ0n) is 14.5. The van der Waals surface area contributed by atoms with Crippen LogP contribution in [0.2, 0.25) is 0 Å². The molecule has 0 unspecified atom stereocenters. The Morgan fingerprint density at radius 1 is 1.09 bits per heavy atom. The van der Waals surface area contributed by atoms with Crippen LogP contribution >= 0.6 is 0 Å². The van der Waals surface area contributed by atoms with Crippen molar-refractivity contribution in [2.24, 2.45) is 0 Å². The first kappa shape index (κ1) is 18.2. The molecule has 0 aliphatic rings. The molecule has 0 aromatic heterocycles. The lowest BCUT2D eigenvalue weighted by molar-refractivity contribution is -0.146. The summed E-state index contributed by atoms with van der Waals surface area (Å²) in [6.07, 6.45) is 1.88. The molecule has 1 amide bonds. The van der Waals surface area contributed by atoms with E-state index in [-0.39, 0.29) is 5.91 Å². The van der Waals surface area contributed by atoms with Crippen molar-refractivity contribution in [1.82, 2.24) is 5.32 Å². The van der Waals surface area contributed by atoms with Gasteiger partial charge >= 0.3 is 5.97 Å². The van der Waals surface area contributed by atoms with Crippen molar-refractivity contribution in [3.05, 3.63) is 33.9 Å². The highest BCUT2D eigenvalue weighted by molar-refractivity contribution is 5.86. The number of carbonyl (C=O) groups excluding carboxylic acids is 1. The molecule has 22 heavy (non-hydrogen) atoms. The zero-order valence-corrected chi connectivity index (χ0v) is 14.5. The molecule has 0 aliphatic carbocycles. The molecule has 0 fully saturated rings. The van der Waals surface area contributed by atoms with Crippen molar-refractivity contribution < 1.29 is 14.7 Å². The molecule has 0 saturated heterocycles. The van der Waals surface area contributed by atoms with Crippen molar-refractivity contribution in [3.63, 3.8) is 0 Å². The summed E-state index contributed by atoms with van der Waals surface area (Å²) in [6.45, 7) is 11.4. The van der Waals surface area contributed by atoms with E-state index >= 15 is 0 Å². The van der Waals surface area contributed by atoms with E-state index < -0.39 is 11.5 Å². The highest BCUT2D eigenvalue weighted by atomic mass is 16.4. The number of nitrogens with one attached hydrogen (secondary N) is 1. The topological polar surface area (TPSA) is 66.4 Å². The van der Waals surface area contributed by atoms with Gasteiger partial charge in [-0.1, -0.05) is 6.07 Å². The summed E-state index contributed by atoms with van der Waals surface area (Å²) in [7, 11) is 0. The van der Waals surface area contributed by atoms with Gasteiger partial charge in [0, 0.05) is 6.42 Å². The van der Waals surface area contributed by atoms with Crippen LogP contribution in [0.4, 0.5) is 0 Å². The highest BCUT2D eigenvalue weighted by Crippen LogP contribution is 2.23. The standard InChI is InChI=1S/C18H27NO3/c1-11-10-12(2)14(4)15(13(11)3)8-7-9-16(20)19-18(5,6)17(21)22/h10H,7-9H2,1-6H3,(H,19,20)(H,21,22). The Hall–Kier alpha value is -1.84. The van der Waals surface area contributed by atoms with E-state index in [1.54, 1.807) is 0 Å². The van der Waals surface area contributed by atoms with Gasteiger partial charge in [-0.15, -0.1) is 0 Å². The number of aryl methyl sites for hydroxylation is 2. The summed E-state index contributed by atoms with van der Waals surface area (Å²) in [5.41, 5.74) is 5.21. The second kappa shape index (κ2) is 6.95. The number of carbonyl (C=O) groups is 2. The average molecular weight is 305 g/mol. The minimum atomic E-state index is -1.22. The Balaban J connectivity index is 2.66. The average Bonchev–Trinajstić information content (AvgIpc) is 2.39. The van der Waals surface area contributed by atoms with Crippen LogP contribution in [-0.2, 0) is 16.0 Å². The molecule has 0 radical (unpaired) electrons. The van der Waals surface area contributed by atoms with Crippen molar-refractivity contribution in [2.45, 2.75) is 66.3 Å². The highest BCUT2D eigenvalue weighted by Gasteiger charge is 2.28. The summed E-state index contributed by atoms with van der Waals surface area (Å²) < 4.78 is 0. The minimum Gasteiger partial charge on any atom is -0.480 e. The Labute approximate surface area is 132 Å². The second-order valence-electron chi connectivity index (χ2n) is 6.57. The van der Waals surface area contributed by atoms with Gasteiger partial charge in [-0.3, -0.25) is 4.79 Å². The number of amides is 1. The Morgan fingerprint density at radius 2 is 1.59 bits per heavy atom. The third-order valence-electron chi connectivity index (χ3n) is 4.34. The minimum absolute atomic E-state index is 0.216. The third kappa shape index (κ3) is 4.33.